The molecular formula is C28H31N5O2. The highest BCUT2D eigenvalue weighted by Crippen LogP contribution is 2.44. The van der Waals surface area contributed by atoms with E-state index in [-0.39, 0.29) is 36.0 Å². The lowest BCUT2D eigenvalue weighted by Gasteiger charge is -2.40. The van der Waals surface area contributed by atoms with E-state index < -0.39 is 6.04 Å². The molecule has 4 atom stereocenters. The number of fused-ring (bicyclic) bond motifs is 4. The van der Waals surface area contributed by atoms with Crippen molar-refractivity contribution in [2.45, 2.75) is 62.3 Å². The maximum atomic E-state index is 13.8. The Kier molecular flexibility index (Phi) is 5.58. The molecule has 0 saturated carbocycles. The molecule has 7 heteroatoms. The Bertz CT molecular complexity index is 1160. The fraction of sp³-hybridized carbons (Fsp3) is 0.464. The van der Waals surface area contributed by atoms with Crippen LogP contribution in [0.2, 0.25) is 0 Å². The van der Waals surface area contributed by atoms with E-state index in [0.717, 1.165) is 32.2 Å². The van der Waals surface area contributed by atoms with Gasteiger partial charge in [-0.05, 0) is 54.4 Å². The summed E-state index contributed by atoms with van der Waals surface area (Å²) in [5.41, 5.74) is 11.4. The molecule has 2 aromatic rings. The summed E-state index contributed by atoms with van der Waals surface area (Å²) in [4.78, 5) is 32.6. The lowest BCUT2D eigenvalue weighted by molar-refractivity contribution is -0.140. The average molecular weight is 470 g/mol. The first-order valence-corrected chi connectivity index (χ1v) is 12.7. The number of nitrogens with zero attached hydrogens (tertiary/aromatic N) is 4. The van der Waals surface area contributed by atoms with Crippen molar-refractivity contribution in [1.29, 1.82) is 5.26 Å². The molecule has 0 radical (unpaired) electrons. The molecule has 1 unspecified atom stereocenters. The van der Waals surface area contributed by atoms with Gasteiger partial charge in [0.05, 0.1) is 24.2 Å². The summed E-state index contributed by atoms with van der Waals surface area (Å²) in [6.45, 7) is 1.66. The van der Waals surface area contributed by atoms with E-state index in [9.17, 15) is 14.9 Å². The van der Waals surface area contributed by atoms with Crippen LogP contribution in [-0.4, -0.2) is 70.3 Å². The van der Waals surface area contributed by atoms with E-state index in [2.05, 4.69) is 64.4 Å². The van der Waals surface area contributed by atoms with Gasteiger partial charge in [-0.2, -0.15) is 5.26 Å². The van der Waals surface area contributed by atoms with Crippen molar-refractivity contribution in [3.8, 4) is 6.07 Å². The topological polar surface area (TPSA) is 93.7 Å². The van der Waals surface area contributed by atoms with Crippen LogP contribution in [0.5, 0.6) is 0 Å². The molecule has 0 aromatic heterocycles. The molecule has 4 aliphatic rings. The predicted octanol–water partition coefficient (Wildman–Crippen LogP) is 2.00. The minimum absolute atomic E-state index is 0.0779. The number of nitrogens with two attached hydrogens (primary N) is 1. The SMILES string of the molecule is N#C[C@@H]1CCCN1C(=O)[C@@H](N)CN1CC2C[C@H]1C(=O)N2C1c2ccccc2CCc2ccccc21. The van der Waals surface area contributed by atoms with Crippen molar-refractivity contribution in [1.82, 2.24) is 14.7 Å². The van der Waals surface area contributed by atoms with Crippen LogP contribution < -0.4 is 5.73 Å². The first-order valence-electron chi connectivity index (χ1n) is 12.7. The Morgan fingerprint density at radius 1 is 1.09 bits per heavy atom. The maximum absolute atomic E-state index is 13.8. The van der Waals surface area contributed by atoms with Gasteiger partial charge in [0.15, 0.2) is 0 Å². The van der Waals surface area contributed by atoms with Crippen LogP contribution in [0.25, 0.3) is 0 Å². The zero-order valence-corrected chi connectivity index (χ0v) is 19.8. The number of carbonyl (C=O) groups is 2. The van der Waals surface area contributed by atoms with Crippen LogP contribution in [0.15, 0.2) is 48.5 Å². The first kappa shape index (κ1) is 22.3. The van der Waals surface area contributed by atoms with Gasteiger partial charge in [0.25, 0.3) is 0 Å². The van der Waals surface area contributed by atoms with Gasteiger partial charge < -0.3 is 15.5 Å². The van der Waals surface area contributed by atoms with Crippen LogP contribution in [-0.2, 0) is 22.4 Å². The Labute approximate surface area is 206 Å². The minimum Gasteiger partial charge on any atom is -0.326 e. The Hall–Kier alpha value is -3.21. The molecule has 3 fully saturated rings. The van der Waals surface area contributed by atoms with Gasteiger partial charge in [0, 0.05) is 25.7 Å². The van der Waals surface area contributed by atoms with Crippen molar-refractivity contribution < 1.29 is 9.59 Å². The van der Waals surface area contributed by atoms with E-state index in [1.165, 1.54) is 22.3 Å². The number of hydrogen-bond donors (Lipinski definition) is 1. The average Bonchev–Trinajstić information content (AvgIpc) is 3.56. The number of rotatable bonds is 4. The quantitative estimate of drug-likeness (QED) is 0.739. The first-order chi connectivity index (χ1) is 17.1. The largest absolute Gasteiger partial charge is 0.326 e. The summed E-state index contributed by atoms with van der Waals surface area (Å²) in [6, 6.07) is 17.9. The van der Waals surface area contributed by atoms with Crippen LogP contribution >= 0.6 is 0 Å². The molecule has 0 spiro atoms. The molecule has 35 heavy (non-hydrogen) atoms. The van der Waals surface area contributed by atoms with Crippen LogP contribution in [0, 0.1) is 11.3 Å². The number of carbonyl (C=O) groups excluding carboxylic acids is 2. The number of nitriles is 1. The van der Waals surface area contributed by atoms with Gasteiger partial charge >= 0.3 is 0 Å². The van der Waals surface area contributed by atoms with Gasteiger partial charge in [0.2, 0.25) is 11.8 Å². The summed E-state index contributed by atoms with van der Waals surface area (Å²) in [6.07, 6.45) is 4.27. The minimum atomic E-state index is -0.719. The molecule has 180 valence electrons. The van der Waals surface area contributed by atoms with E-state index in [1.54, 1.807) is 4.90 Å². The molecule has 2 bridgehead atoms. The number of hydrogen-bond acceptors (Lipinski definition) is 5. The van der Waals surface area contributed by atoms with Crippen molar-refractivity contribution in [3.63, 3.8) is 0 Å². The van der Waals surface area contributed by atoms with Gasteiger partial charge in [-0.1, -0.05) is 48.5 Å². The molecule has 2 amide bonds. The van der Waals surface area contributed by atoms with Crippen molar-refractivity contribution in [3.05, 3.63) is 70.8 Å². The van der Waals surface area contributed by atoms with Gasteiger partial charge in [-0.15, -0.1) is 0 Å². The summed E-state index contributed by atoms with van der Waals surface area (Å²) in [5, 5.41) is 9.34. The molecule has 2 N–H and O–H groups in total. The van der Waals surface area contributed by atoms with E-state index >= 15 is 0 Å². The third kappa shape index (κ3) is 3.64. The number of piperazine rings is 1. The molecule has 1 aliphatic carbocycles. The Balaban J connectivity index is 1.24. The zero-order chi connectivity index (χ0) is 24.1. The standard InChI is InChI=1S/C28H31N5O2/c29-15-20-8-5-13-32(20)27(34)24(30)17-31-16-21-14-25(31)28(35)33(21)26-22-9-3-1-6-18(22)11-12-19-7-2-4-10-23(19)26/h1-4,6-7,9-10,20-21,24-26H,5,8,11-14,16-17,30H2/t20-,21?,24-,25-/m0/s1. The summed E-state index contributed by atoms with van der Waals surface area (Å²) in [7, 11) is 0. The molecule has 7 nitrogen and oxygen atoms in total. The summed E-state index contributed by atoms with van der Waals surface area (Å²) in [5.74, 6) is -0.0405. The van der Waals surface area contributed by atoms with Gasteiger partial charge in [0.1, 0.15) is 6.04 Å². The summed E-state index contributed by atoms with van der Waals surface area (Å²) >= 11 is 0. The fourth-order valence-corrected chi connectivity index (χ4v) is 6.73. The number of likely N-dealkylation sites (tertiary alicyclic amines) is 3. The second-order valence-electron chi connectivity index (χ2n) is 10.3. The number of aryl methyl sites for hydroxylation is 2. The van der Waals surface area contributed by atoms with Crippen LogP contribution in [0.4, 0.5) is 0 Å². The number of benzene rings is 2. The molecular weight excluding hydrogens is 438 g/mol. The zero-order valence-electron chi connectivity index (χ0n) is 19.8. The normalized spacial score (nSPS) is 26.9. The lowest BCUT2D eigenvalue weighted by atomic mass is 9.92. The van der Waals surface area contributed by atoms with E-state index in [1.807, 2.05) is 0 Å². The fourth-order valence-electron chi connectivity index (χ4n) is 6.73. The van der Waals surface area contributed by atoms with Crippen LogP contribution in [0.1, 0.15) is 47.6 Å². The molecule has 3 saturated heterocycles. The highest BCUT2D eigenvalue weighted by Gasteiger charge is 2.53. The van der Waals surface area contributed by atoms with E-state index in [0.29, 0.717) is 19.5 Å². The molecule has 3 aliphatic heterocycles. The molecule has 6 rings (SSSR count). The van der Waals surface area contributed by atoms with Crippen molar-refractivity contribution in [2.24, 2.45) is 5.73 Å². The highest BCUT2D eigenvalue weighted by atomic mass is 16.2. The molecule has 3 heterocycles. The number of amides is 2. The highest BCUT2D eigenvalue weighted by molar-refractivity contribution is 5.87. The summed E-state index contributed by atoms with van der Waals surface area (Å²) < 4.78 is 0. The van der Waals surface area contributed by atoms with Crippen molar-refractivity contribution in [2.75, 3.05) is 19.6 Å². The van der Waals surface area contributed by atoms with Gasteiger partial charge in [-0.3, -0.25) is 14.5 Å². The van der Waals surface area contributed by atoms with Gasteiger partial charge in [-0.25, -0.2) is 0 Å². The van der Waals surface area contributed by atoms with Crippen molar-refractivity contribution >= 4 is 11.8 Å². The molecule has 2 aromatic carbocycles. The Morgan fingerprint density at radius 2 is 1.74 bits per heavy atom. The Morgan fingerprint density at radius 3 is 2.37 bits per heavy atom. The maximum Gasteiger partial charge on any atom is 0.241 e. The second kappa shape index (κ2) is 8.78. The third-order valence-corrected chi connectivity index (χ3v) is 8.39. The second-order valence-corrected chi connectivity index (χ2v) is 10.3. The lowest BCUT2D eigenvalue weighted by Crippen LogP contribution is -2.57. The van der Waals surface area contributed by atoms with Crippen LogP contribution in [0.3, 0.4) is 0 Å². The monoisotopic (exact) mass is 469 g/mol. The third-order valence-electron chi connectivity index (χ3n) is 8.39. The predicted molar refractivity (Wildman–Crippen MR) is 131 cm³/mol. The smallest absolute Gasteiger partial charge is 0.241 e. The van der Waals surface area contributed by atoms with E-state index in [4.69, 9.17) is 5.73 Å².